The number of fused-ring (bicyclic) bond motifs is 1. The highest BCUT2D eigenvalue weighted by atomic mass is 35.6. The van der Waals surface area contributed by atoms with Crippen LogP contribution in [0.25, 0.3) is 0 Å². The number of rotatable bonds is 17. The molecule has 0 aromatic heterocycles. The summed E-state index contributed by atoms with van der Waals surface area (Å²) in [6, 6.07) is 48.2. The van der Waals surface area contributed by atoms with Crippen LogP contribution < -0.4 is 0 Å². The molecule has 1 saturated carbocycles. The first-order chi connectivity index (χ1) is 27.3. The molecule has 0 unspecified atom stereocenters. The summed E-state index contributed by atoms with van der Waals surface area (Å²) in [4.78, 5) is 15.8. The molecule has 2 fully saturated rings. The minimum absolute atomic E-state index is 0.0419. The third-order valence-corrected chi connectivity index (χ3v) is 10.3. The van der Waals surface area contributed by atoms with Crippen molar-refractivity contribution in [1.82, 2.24) is 4.90 Å². The van der Waals surface area contributed by atoms with E-state index in [9.17, 15) is 4.79 Å². The Balaban J connectivity index is 1.32. The molecular formula is C45H44Cl3NO7. The van der Waals surface area contributed by atoms with E-state index in [-0.39, 0.29) is 33.0 Å². The fourth-order valence-electron chi connectivity index (χ4n) is 7.35. The maximum absolute atomic E-state index is 14.2. The topological polar surface area (TPSA) is 75.5 Å². The van der Waals surface area contributed by atoms with Crippen molar-refractivity contribution in [1.29, 1.82) is 0 Å². The van der Waals surface area contributed by atoms with Crippen LogP contribution in [-0.2, 0) is 61.5 Å². The fourth-order valence-corrected chi connectivity index (χ4v) is 7.52. The summed E-state index contributed by atoms with van der Waals surface area (Å²) in [7, 11) is 0. The predicted octanol–water partition coefficient (Wildman–Crippen LogP) is 9.49. The number of benzene rings is 5. The van der Waals surface area contributed by atoms with Gasteiger partial charge in [0.25, 0.3) is 0 Å². The van der Waals surface area contributed by atoms with Crippen LogP contribution in [0.5, 0.6) is 0 Å². The van der Waals surface area contributed by atoms with Gasteiger partial charge in [0.1, 0.15) is 30.5 Å². The molecule has 6 atom stereocenters. The molecule has 1 aliphatic carbocycles. The second-order valence-electron chi connectivity index (χ2n) is 14.0. The Bertz CT molecular complexity index is 1940. The highest BCUT2D eigenvalue weighted by Crippen LogP contribution is 2.53. The Morgan fingerprint density at radius 2 is 0.964 bits per heavy atom. The van der Waals surface area contributed by atoms with E-state index in [0.717, 1.165) is 27.8 Å². The lowest BCUT2D eigenvalue weighted by atomic mass is 9.78. The highest BCUT2D eigenvalue weighted by Gasteiger charge is 2.76. The van der Waals surface area contributed by atoms with Gasteiger partial charge in [-0.15, -0.1) is 0 Å². The molecule has 11 heteroatoms. The number of hydrogen-bond acceptors (Lipinski definition) is 7. The van der Waals surface area contributed by atoms with Crippen LogP contribution in [0.15, 0.2) is 152 Å². The van der Waals surface area contributed by atoms with Gasteiger partial charge in [0.05, 0.1) is 51.7 Å². The van der Waals surface area contributed by atoms with Crippen LogP contribution in [-0.4, -0.2) is 64.0 Å². The van der Waals surface area contributed by atoms with Crippen LogP contribution in [0.4, 0.5) is 4.79 Å². The lowest BCUT2D eigenvalue weighted by molar-refractivity contribution is -0.256. The number of nitrogens with zero attached hydrogens (tertiary/aromatic N) is 1. The van der Waals surface area contributed by atoms with Gasteiger partial charge < -0.3 is 28.4 Å². The van der Waals surface area contributed by atoms with Gasteiger partial charge >= 0.3 is 6.09 Å². The minimum atomic E-state index is -1.82. The summed E-state index contributed by atoms with van der Waals surface area (Å²) in [5, 5.41) is 0. The molecule has 2 aliphatic rings. The number of ether oxygens (including phenoxy) is 6. The summed E-state index contributed by atoms with van der Waals surface area (Å²) in [5.41, 5.74) is 3.50. The molecule has 5 aromatic carbocycles. The molecule has 0 bridgehead atoms. The SMILES string of the molecule is O=C(OCC(Cl)(Cl)Cl)N1[C@@H]2[C@H](OCc3ccccc3)[C@@H](OCc3ccccc3)[C@H](OCc3ccccc3)[C@](COCc3ccccc3)(OCc3ccccc3)[C@@H]21. The molecule has 0 spiro atoms. The van der Waals surface area contributed by atoms with Crippen molar-refractivity contribution in [2.24, 2.45) is 0 Å². The smallest absolute Gasteiger partial charge is 0.410 e. The summed E-state index contributed by atoms with van der Waals surface area (Å²) in [6.07, 6.45) is -2.95. The molecule has 0 radical (unpaired) electrons. The lowest BCUT2D eigenvalue weighted by Crippen LogP contribution is -2.67. The number of likely N-dealkylation sites (tertiary alicyclic amines) is 1. The summed E-state index contributed by atoms with van der Waals surface area (Å²) in [5.74, 6) is 0. The van der Waals surface area contributed by atoms with Gasteiger partial charge in [0, 0.05) is 0 Å². The van der Waals surface area contributed by atoms with Gasteiger partial charge in [0.15, 0.2) is 0 Å². The Morgan fingerprint density at radius 1 is 0.554 bits per heavy atom. The Labute approximate surface area is 343 Å². The molecule has 292 valence electrons. The molecule has 0 N–H and O–H groups in total. The van der Waals surface area contributed by atoms with Crippen LogP contribution >= 0.6 is 34.8 Å². The Kier molecular flexibility index (Phi) is 13.6. The predicted molar refractivity (Wildman–Crippen MR) is 216 cm³/mol. The van der Waals surface area contributed by atoms with Crippen molar-refractivity contribution in [2.75, 3.05) is 13.2 Å². The van der Waals surface area contributed by atoms with Crippen molar-refractivity contribution in [2.45, 2.75) is 72.8 Å². The second-order valence-corrected chi connectivity index (χ2v) is 16.5. The summed E-state index contributed by atoms with van der Waals surface area (Å²) < 4.78 is 38.4. The van der Waals surface area contributed by atoms with Crippen molar-refractivity contribution in [3.63, 3.8) is 0 Å². The quantitative estimate of drug-likeness (QED) is 0.0684. The van der Waals surface area contributed by atoms with Crippen molar-refractivity contribution >= 4 is 40.9 Å². The monoisotopic (exact) mass is 815 g/mol. The van der Waals surface area contributed by atoms with E-state index < -0.39 is 52.5 Å². The second kappa shape index (κ2) is 19.0. The normalized spacial score (nSPS) is 23.0. The maximum atomic E-state index is 14.2. The fraction of sp³-hybridized carbons (Fsp3) is 0.311. The largest absolute Gasteiger partial charge is 0.445 e. The molecule has 1 saturated heterocycles. The molecular weight excluding hydrogens is 773 g/mol. The van der Waals surface area contributed by atoms with Gasteiger partial charge in [0.2, 0.25) is 3.79 Å². The third kappa shape index (κ3) is 10.3. The molecule has 1 heterocycles. The molecule has 56 heavy (non-hydrogen) atoms. The zero-order chi connectivity index (χ0) is 38.8. The van der Waals surface area contributed by atoms with Gasteiger partial charge in [-0.1, -0.05) is 186 Å². The molecule has 5 aromatic rings. The van der Waals surface area contributed by atoms with E-state index in [4.69, 9.17) is 63.2 Å². The third-order valence-electron chi connectivity index (χ3n) is 10.00. The Hall–Kier alpha value is -3.96. The molecule has 1 amide bonds. The zero-order valence-electron chi connectivity index (χ0n) is 30.7. The van der Waals surface area contributed by atoms with E-state index in [1.807, 2.05) is 152 Å². The average molecular weight is 817 g/mol. The number of halogens is 3. The number of amides is 1. The zero-order valence-corrected chi connectivity index (χ0v) is 33.0. The molecule has 8 nitrogen and oxygen atoms in total. The molecule has 1 aliphatic heterocycles. The van der Waals surface area contributed by atoms with Crippen LogP contribution in [0.1, 0.15) is 27.8 Å². The molecule has 7 rings (SSSR count). The van der Waals surface area contributed by atoms with Gasteiger partial charge in [-0.3, -0.25) is 4.90 Å². The summed E-state index contributed by atoms with van der Waals surface area (Å²) in [6.45, 7) is 0.809. The van der Waals surface area contributed by atoms with E-state index in [2.05, 4.69) is 0 Å². The highest BCUT2D eigenvalue weighted by molar-refractivity contribution is 6.67. The van der Waals surface area contributed by atoms with Crippen LogP contribution in [0.2, 0.25) is 0 Å². The Morgan fingerprint density at radius 3 is 1.43 bits per heavy atom. The van der Waals surface area contributed by atoms with E-state index in [0.29, 0.717) is 6.61 Å². The van der Waals surface area contributed by atoms with Crippen LogP contribution in [0, 0.1) is 0 Å². The lowest BCUT2D eigenvalue weighted by Gasteiger charge is -2.48. The number of alkyl halides is 3. The van der Waals surface area contributed by atoms with Crippen molar-refractivity contribution in [3.8, 4) is 0 Å². The van der Waals surface area contributed by atoms with Gasteiger partial charge in [-0.05, 0) is 27.8 Å². The summed E-state index contributed by atoms with van der Waals surface area (Å²) >= 11 is 18.2. The van der Waals surface area contributed by atoms with Crippen molar-refractivity contribution in [3.05, 3.63) is 179 Å². The standard InChI is InChI=1S/C45H44Cl3NO7/c46-45(47,48)32-55-43(50)49-38-39(52-27-34-18-8-2-9-19-34)40(53-28-35-20-10-3-11-21-35)42(54-29-36-22-12-4-13-23-36)44(41(38)49,56-30-37-24-14-5-15-25-37)31-51-26-33-16-6-1-7-17-33/h1-25,38-42H,26-32H2/t38-,39+,40-,41-,42+,44-,49?/m1/s1. The number of carbonyl (C=O) groups excluding carboxylic acids is 1. The first-order valence-corrected chi connectivity index (χ1v) is 19.7. The maximum Gasteiger partial charge on any atom is 0.410 e. The number of hydrogen-bond donors (Lipinski definition) is 0. The van der Waals surface area contributed by atoms with E-state index in [1.54, 1.807) is 4.90 Å². The minimum Gasteiger partial charge on any atom is -0.445 e. The first kappa shape index (κ1) is 40.2. The van der Waals surface area contributed by atoms with E-state index in [1.165, 1.54) is 0 Å². The van der Waals surface area contributed by atoms with Gasteiger partial charge in [-0.2, -0.15) is 0 Å². The first-order valence-electron chi connectivity index (χ1n) is 18.6. The van der Waals surface area contributed by atoms with Crippen LogP contribution in [0.3, 0.4) is 0 Å². The number of carbonyl (C=O) groups is 1. The average Bonchev–Trinajstić information content (AvgIpc) is 3.99. The van der Waals surface area contributed by atoms with Gasteiger partial charge in [-0.25, -0.2) is 4.79 Å². The van der Waals surface area contributed by atoms with Crippen molar-refractivity contribution < 1.29 is 33.2 Å². The van der Waals surface area contributed by atoms with E-state index >= 15 is 0 Å².